The SMILES string of the molecule is CC(C)(C)c1cccc(S(=O)(=O)c2ccc(C(C)(C)C)cc2OCC2CO2)c1. The summed E-state index contributed by atoms with van der Waals surface area (Å²) in [6.07, 6.45) is 0.0538. The lowest BCUT2D eigenvalue weighted by Gasteiger charge is -2.22. The van der Waals surface area contributed by atoms with Crippen LogP contribution in [0.25, 0.3) is 0 Å². The van der Waals surface area contributed by atoms with Crippen molar-refractivity contribution in [3.8, 4) is 5.75 Å². The topological polar surface area (TPSA) is 55.9 Å². The van der Waals surface area contributed by atoms with Crippen molar-refractivity contribution in [2.45, 2.75) is 68.3 Å². The maximum absolute atomic E-state index is 13.4. The van der Waals surface area contributed by atoms with Gasteiger partial charge in [-0.2, -0.15) is 0 Å². The first kappa shape index (κ1) is 20.9. The number of benzene rings is 2. The minimum Gasteiger partial charge on any atom is -0.489 e. The Bertz CT molecular complexity index is 959. The Morgan fingerprint density at radius 2 is 1.57 bits per heavy atom. The highest BCUT2D eigenvalue weighted by Gasteiger charge is 2.28. The number of hydrogen-bond donors (Lipinski definition) is 0. The summed E-state index contributed by atoms with van der Waals surface area (Å²) in [4.78, 5) is 0.489. The zero-order valence-electron chi connectivity index (χ0n) is 17.6. The Morgan fingerprint density at radius 3 is 2.14 bits per heavy atom. The van der Waals surface area contributed by atoms with E-state index in [-0.39, 0.29) is 26.7 Å². The van der Waals surface area contributed by atoms with Crippen molar-refractivity contribution < 1.29 is 17.9 Å². The summed E-state index contributed by atoms with van der Waals surface area (Å²) in [6, 6.07) is 12.6. The highest BCUT2D eigenvalue weighted by molar-refractivity contribution is 7.91. The molecule has 1 saturated heterocycles. The summed E-state index contributed by atoms with van der Waals surface area (Å²) >= 11 is 0. The monoisotopic (exact) mass is 402 g/mol. The van der Waals surface area contributed by atoms with Gasteiger partial charge in [-0.25, -0.2) is 8.42 Å². The summed E-state index contributed by atoms with van der Waals surface area (Å²) in [5.74, 6) is 0.393. The Kier molecular flexibility index (Phi) is 5.36. The van der Waals surface area contributed by atoms with Gasteiger partial charge in [0.2, 0.25) is 9.84 Å². The largest absolute Gasteiger partial charge is 0.489 e. The summed E-state index contributed by atoms with van der Waals surface area (Å²) in [5, 5.41) is 0. The molecule has 0 aromatic heterocycles. The van der Waals surface area contributed by atoms with Crippen molar-refractivity contribution in [2.24, 2.45) is 0 Å². The van der Waals surface area contributed by atoms with Gasteiger partial charge >= 0.3 is 0 Å². The van der Waals surface area contributed by atoms with E-state index in [1.165, 1.54) is 0 Å². The first-order valence-electron chi connectivity index (χ1n) is 9.63. The van der Waals surface area contributed by atoms with Gasteiger partial charge in [0.1, 0.15) is 23.4 Å². The van der Waals surface area contributed by atoms with Crippen molar-refractivity contribution in [3.05, 3.63) is 53.6 Å². The molecule has 0 aliphatic carbocycles. The molecule has 0 amide bonds. The Morgan fingerprint density at radius 1 is 0.964 bits per heavy atom. The minimum absolute atomic E-state index is 0.0538. The van der Waals surface area contributed by atoms with Crippen molar-refractivity contribution in [1.82, 2.24) is 0 Å². The molecule has 0 spiro atoms. The quantitative estimate of drug-likeness (QED) is 0.668. The standard InChI is InChI=1S/C23H30O4S/c1-22(2,3)16-8-7-9-19(12-16)28(24,25)21-11-10-17(23(4,5)6)13-20(21)27-15-18-14-26-18/h7-13,18H,14-15H2,1-6H3. The summed E-state index contributed by atoms with van der Waals surface area (Å²) in [7, 11) is -3.71. The van der Waals surface area contributed by atoms with E-state index in [1.807, 2.05) is 18.2 Å². The van der Waals surface area contributed by atoms with Gasteiger partial charge in [0, 0.05) is 0 Å². The highest BCUT2D eigenvalue weighted by atomic mass is 32.2. The molecule has 0 saturated carbocycles. The fourth-order valence-electron chi connectivity index (χ4n) is 2.91. The van der Waals surface area contributed by atoms with Gasteiger partial charge in [-0.05, 0) is 46.2 Å². The summed E-state index contributed by atoms with van der Waals surface area (Å²) in [5.41, 5.74) is 1.77. The second-order valence-corrected chi connectivity index (χ2v) is 11.4. The van der Waals surface area contributed by atoms with Crippen LogP contribution in [0, 0.1) is 0 Å². The molecule has 1 unspecified atom stereocenters. The lowest BCUT2D eigenvalue weighted by molar-refractivity contribution is 0.257. The zero-order chi connectivity index (χ0) is 20.7. The number of rotatable bonds is 5. The van der Waals surface area contributed by atoms with E-state index in [0.29, 0.717) is 19.0 Å². The number of ether oxygens (including phenoxy) is 2. The molecule has 1 aliphatic rings. The van der Waals surface area contributed by atoms with Crippen LogP contribution in [0.1, 0.15) is 52.7 Å². The van der Waals surface area contributed by atoms with Crippen LogP contribution in [0.3, 0.4) is 0 Å². The second kappa shape index (κ2) is 7.20. The fourth-order valence-corrected chi connectivity index (χ4v) is 4.34. The molecule has 152 valence electrons. The molecule has 3 rings (SSSR count). The predicted molar refractivity (Wildman–Crippen MR) is 111 cm³/mol. The van der Waals surface area contributed by atoms with E-state index >= 15 is 0 Å². The van der Waals surface area contributed by atoms with E-state index in [9.17, 15) is 8.42 Å². The Labute approximate surface area is 168 Å². The number of sulfone groups is 1. The lowest BCUT2D eigenvalue weighted by Crippen LogP contribution is -2.15. The Hall–Kier alpha value is -1.85. The van der Waals surface area contributed by atoms with Crippen LogP contribution < -0.4 is 4.74 Å². The molecule has 0 N–H and O–H groups in total. The maximum atomic E-state index is 13.4. The van der Waals surface area contributed by atoms with Crippen LogP contribution in [-0.4, -0.2) is 27.7 Å². The fraction of sp³-hybridized carbons (Fsp3) is 0.478. The lowest BCUT2D eigenvalue weighted by atomic mass is 9.87. The molecular weight excluding hydrogens is 372 g/mol. The normalized spacial score (nSPS) is 17.4. The predicted octanol–water partition coefficient (Wildman–Crippen LogP) is 4.89. The second-order valence-electron chi connectivity index (χ2n) is 9.46. The van der Waals surface area contributed by atoms with Crippen molar-refractivity contribution in [3.63, 3.8) is 0 Å². The van der Waals surface area contributed by atoms with Crippen LogP contribution in [0.15, 0.2) is 52.3 Å². The minimum atomic E-state index is -3.71. The third kappa shape index (κ3) is 4.58. The van der Waals surface area contributed by atoms with Crippen LogP contribution in [0.2, 0.25) is 0 Å². The third-order valence-corrected chi connectivity index (χ3v) is 6.73. The molecule has 28 heavy (non-hydrogen) atoms. The Balaban J connectivity index is 2.07. The van der Waals surface area contributed by atoms with Crippen molar-refractivity contribution >= 4 is 9.84 Å². The molecule has 1 heterocycles. The van der Waals surface area contributed by atoms with E-state index in [0.717, 1.165) is 11.1 Å². The summed E-state index contributed by atoms with van der Waals surface area (Å²) < 4.78 is 38.0. The van der Waals surface area contributed by atoms with Crippen molar-refractivity contribution in [2.75, 3.05) is 13.2 Å². The van der Waals surface area contributed by atoms with E-state index in [1.54, 1.807) is 24.3 Å². The molecule has 0 bridgehead atoms. The van der Waals surface area contributed by atoms with Gasteiger partial charge in [0.05, 0.1) is 11.5 Å². The highest BCUT2D eigenvalue weighted by Crippen LogP contribution is 2.35. The molecular formula is C23H30O4S. The van der Waals surface area contributed by atoms with Gasteiger partial charge in [0.15, 0.2) is 0 Å². The molecule has 1 fully saturated rings. The van der Waals surface area contributed by atoms with Gasteiger partial charge in [-0.1, -0.05) is 59.7 Å². The molecule has 2 aromatic carbocycles. The van der Waals surface area contributed by atoms with Crippen LogP contribution in [-0.2, 0) is 25.4 Å². The van der Waals surface area contributed by atoms with E-state index in [2.05, 4.69) is 41.5 Å². The molecule has 2 aromatic rings. The molecule has 5 heteroatoms. The van der Waals surface area contributed by atoms with Crippen LogP contribution >= 0.6 is 0 Å². The van der Waals surface area contributed by atoms with E-state index < -0.39 is 9.84 Å². The first-order chi connectivity index (χ1) is 12.9. The van der Waals surface area contributed by atoms with Crippen molar-refractivity contribution in [1.29, 1.82) is 0 Å². The van der Waals surface area contributed by atoms with E-state index in [4.69, 9.17) is 9.47 Å². The van der Waals surface area contributed by atoms with Gasteiger partial charge < -0.3 is 9.47 Å². The molecule has 1 aliphatic heterocycles. The molecule has 4 nitrogen and oxygen atoms in total. The average molecular weight is 403 g/mol. The first-order valence-corrected chi connectivity index (χ1v) is 11.1. The molecule has 1 atom stereocenters. The average Bonchev–Trinajstić information content (AvgIpc) is 3.42. The van der Waals surface area contributed by atoms with Gasteiger partial charge in [-0.15, -0.1) is 0 Å². The maximum Gasteiger partial charge on any atom is 0.210 e. The summed E-state index contributed by atoms with van der Waals surface area (Å²) in [6.45, 7) is 13.5. The smallest absolute Gasteiger partial charge is 0.210 e. The van der Waals surface area contributed by atoms with Gasteiger partial charge in [0.25, 0.3) is 0 Å². The van der Waals surface area contributed by atoms with Gasteiger partial charge in [-0.3, -0.25) is 0 Å². The number of hydrogen-bond acceptors (Lipinski definition) is 4. The van der Waals surface area contributed by atoms with Crippen LogP contribution in [0.4, 0.5) is 0 Å². The van der Waals surface area contributed by atoms with Crippen LogP contribution in [0.5, 0.6) is 5.75 Å². The molecule has 0 radical (unpaired) electrons. The number of epoxide rings is 1. The third-order valence-electron chi connectivity index (χ3n) is 4.94. The zero-order valence-corrected chi connectivity index (χ0v) is 18.4.